The minimum atomic E-state index is -0.302. The summed E-state index contributed by atoms with van der Waals surface area (Å²) in [6.45, 7) is 0. The summed E-state index contributed by atoms with van der Waals surface area (Å²) in [7, 11) is 0. The summed E-state index contributed by atoms with van der Waals surface area (Å²) in [5.74, 6) is -0.302. The van der Waals surface area contributed by atoms with E-state index in [-0.39, 0.29) is 5.82 Å². The highest BCUT2D eigenvalue weighted by Gasteiger charge is 2.06. The summed E-state index contributed by atoms with van der Waals surface area (Å²) in [4.78, 5) is 4.11. The molecular weight excluding hydrogens is 257 g/mol. The second-order valence-corrected chi connectivity index (χ2v) is 3.72. The molecule has 0 aliphatic heterocycles. The van der Waals surface area contributed by atoms with Crippen molar-refractivity contribution in [1.82, 2.24) is 4.98 Å². The van der Waals surface area contributed by atoms with E-state index in [4.69, 9.17) is 0 Å². The van der Waals surface area contributed by atoms with Crippen molar-refractivity contribution in [3.05, 3.63) is 54.0 Å². The first-order chi connectivity index (χ1) is 7.31. The van der Waals surface area contributed by atoms with Gasteiger partial charge in [0.05, 0.1) is 11.9 Å². The Morgan fingerprint density at radius 3 is 2.60 bits per heavy atom. The van der Waals surface area contributed by atoms with Gasteiger partial charge >= 0.3 is 0 Å². The van der Waals surface area contributed by atoms with Crippen LogP contribution in [0.4, 0.5) is 4.39 Å². The number of pyridine rings is 1. The fourth-order valence-electron chi connectivity index (χ4n) is 1.44. The van der Waals surface area contributed by atoms with Gasteiger partial charge in [-0.15, -0.1) is 0 Å². The maximum Gasteiger partial charge on any atom is 0.141 e. The van der Waals surface area contributed by atoms with Crippen molar-refractivity contribution in [3.63, 3.8) is 0 Å². The quantitative estimate of drug-likeness (QED) is 0.754. The van der Waals surface area contributed by atoms with Gasteiger partial charge in [0.25, 0.3) is 0 Å². The summed E-state index contributed by atoms with van der Waals surface area (Å²) in [6.07, 6.45) is 1.24. The van der Waals surface area contributed by atoms with Crippen LogP contribution in [0.15, 0.2) is 42.6 Å². The summed E-state index contributed by atoms with van der Waals surface area (Å²) in [6, 6.07) is 11.3. The molecule has 0 saturated carbocycles. The monoisotopic (exact) mass is 265 g/mol. The molecule has 3 heteroatoms. The fraction of sp³-hybridized carbons (Fsp3) is 0.0833. The highest BCUT2D eigenvalue weighted by atomic mass is 79.9. The third-order valence-corrected chi connectivity index (χ3v) is 2.73. The van der Waals surface area contributed by atoms with Crippen molar-refractivity contribution < 1.29 is 4.39 Å². The third kappa shape index (κ3) is 2.23. The lowest BCUT2D eigenvalue weighted by Gasteiger charge is -2.05. The average Bonchev–Trinajstić information content (AvgIpc) is 2.30. The zero-order valence-electron chi connectivity index (χ0n) is 7.95. The van der Waals surface area contributed by atoms with Gasteiger partial charge in [-0.25, -0.2) is 4.39 Å². The first kappa shape index (κ1) is 10.3. The normalized spacial score (nSPS) is 10.3. The van der Waals surface area contributed by atoms with E-state index in [0.29, 0.717) is 5.33 Å². The van der Waals surface area contributed by atoms with E-state index in [1.165, 1.54) is 12.3 Å². The van der Waals surface area contributed by atoms with Gasteiger partial charge in [-0.1, -0.05) is 46.3 Å². The van der Waals surface area contributed by atoms with Gasteiger partial charge in [-0.2, -0.15) is 0 Å². The SMILES string of the molecule is Fc1cnc(-c2ccccc2)c(CBr)c1. The van der Waals surface area contributed by atoms with Crippen molar-refractivity contribution in [2.75, 3.05) is 0 Å². The van der Waals surface area contributed by atoms with Gasteiger partial charge in [-0.05, 0) is 11.6 Å². The highest BCUT2D eigenvalue weighted by molar-refractivity contribution is 9.08. The van der Waals surface area contributed by atoms with Crippen molar-refractivity contribution in [2.45, 2.75) is 5.33 Å². The molecule has 2 aromatic rings. The van der Waals surface area contributed by atoms with Crippen LogP contribution in [0.1, 0.15) is 5.56 Å². The van der Waals surface area contributed by atoms with Gasteiger partial charge in [0.1, 0.15) is 5.82 Å². The number of nitrogens with zero attached hydrogens (tertiary/aromatic N) is 1. The number of rotatable bonds is 2. The van der Waals surface area contributed by atoms with E-state index in [2.05, 4.69) is 20.9 Å². The van der Waals surface area contributed by atoms with E-state index in [1.807, 2.05) is 30.3 Å². The zero-order valence-corrected chi connectivity index (χ0v) is 9.54. The number of benzene rings is 1. The largest absolute Gasteiger partial charge is 0.253 e. The summed E-state index contributed by atoms with van der Waals surface area (Å²) >= 11 is 3.33. The molecule has 0 aliphatic rings. The molecule has 0 N–H and O–H groups in total. The van der Waals surface area contributed by atoms with Gasteiger partial charge < -0.3 is 0 Å². The molecule has 0 radical (unpaired) electrons. The van der Waals surface area contributed by atoms with Crippen LogP contribution in [0.5, 0.6) is 0 Å². The maximum atomic E-state index is 13.0. The lowest BCUT2D eigenvalue weighted by atomic mass is 10.1. The topological polar surface area (TPSA) is 12.9 Å². The molecule has 0 aliphatic carbocycles. The lowest BCUT2D eigenvalue weighted by Crippen LogP contribution is -1.92. The molecular formula is C12H9BrFN. The lowest BCUT2D eigenvalue weighted by molar-refractivity contribution is 0.620. The fourth-order valence-corrected chi connectivity index (χ4v) is 1.87. The Bertz CT molecular complexity index is 456. The molecule has 15 heavy (non-hydrogen) atoms. The minimum Gasteiger partial charge on any atom is -0.253 e. The average molecular weight is 266 g/mol. The van der Waals surface area contributed by atoms with Crippen LogP contribution in [0.3, 0.4) is 0 Å². The van der Waals surface area contributed by atoms with Crippen LogP contribution in [0.2, 0.25) is 0 Å². The van der Waals surface area contributed by atoms with Crippen molar-refractivity contribution >= 4 is 15.9 Å². The van der Waals surface area contributed by atoms with E-state index in [1.54, 1.807) is 0 Å². The Kier molecular flexibility index (Phi) is 3.11. The van der Waals surface area contributed by atoms with Crippen molar-refractivity contribution in [1.29, 1.82) is 0 Å². The van der Waals surface area contributed by atoms with E-state index < -0.39 is 0 Å². The molecule has 0 saturated heterocycles. The molecule has 0 bridgehead atoms. The van der Waals surface area contributed by atoms with Crippen molar-refractivity contribution in [2.24, 2.45) is 0 Å². The predicted molar refractivity (Wildman–Crippen MR) is 62.3 cm³/mol. The molecule has 2 rings (SSSR count). The van der Waals surface area contributed by atoms with Crippen LogP contribution in [0, 0.1) is 5.82 Å². The van der Waals surface area contributed by atoms with Crippen molar-refractivity contribution in [3.8, 4) is 11.3 Å². The second kappa shape index (κ2) is 4.53. The van der Waals surface area contributed by atoms with Gasteiger partial charge in [-0.3, -0.25) is 4.98 Å². The molecule has 1 nitrogen and oxygen atoms in total. The molecule has 1 heterocycles. The van der Waals surface area contributed by atoms with E-state index in [0.717, 1.165) is 16.8 Å². The Balaban J connectivity index is 2.53. The van der Waals surface area contributed by atoms with Gasteiger partial charge in [0.15, 0.2) is 0 Å². The number of aromatic nitrogens is 1. The van der Waals surface area contributed by atoms with Crippen LogP contribution < -0.4 is 0 Å². The molecule has 0 fully saturated rings. The number of halogens is 2. The summed E-state index contributed by atoms with van der Waals surface area (Å²) in [5.41, 5.74) is 2.70. The van der Waals surface area contributed by atoms with Crippen LogP contribution in [-0.4, -0.2) is 4.98 Å². The first-order valence-corrected chi connectivity index (χ1v) is 5.69. The Morgan fingerprint density at radius 2 is 1.93 bits per heavy atom. The third-order valence-electron chi connectivity index (χ3n) is 2.12. The molecule has 0 spiro atoms. The molecule has 0 amide bonds. The smallest absolute Gasteiger partial charge is 0.141 e. The minimum absolute atomic E-state index is 0.302. The maximum absolute atomic E-state index is 13.0. The second-order valence-electron chi connectivity index (χ2n) is 3.16. The van der Waals surface area contributed by atoms with Crippen LogP contribution in [0.25, 0.3) is 11.3 Å². The van der Waals surface area contributed by atoms with Crippen LogP contribution >= 0.6 is 15.9 Å². The molecule has 0 unspecified atom stereocenters. The first-order valence-electron chi connectivity index (χ1n) is 4.57. The zero-order chi connectivity index (χ0) is 10.7. The number of hydrogen-bond donors (Lipinski definition) is 0. The highest BCUT2D eigenvalue weighted by Crippen LogP contribution is 2.23. The summed E-state index contributed by atoms with van der Waals surface area (Å²) in [5, 5.41) is 0.599. The molecule has 76 valence electrons. The molecule has 0 atom stereocenters. The Hall–Kier alpha value is -1.22. The predicted octanol–water partition coefficient (Wildman–Crippen LogP) is 3.78. The van der Waals surface area contributed by atoms with E-state index in [9.17, 15) is 4.39 Å². The Labute approximate surface area is 96.1 Å². The molecule has 1 aromatic carbocycles. The van der Waals surface area contributed by atoms with E-state index >= 15 is 0 Å². The van der Waals surface area contributed by atoms with Gasteiger partial charge in [0.2, 0.25) is 0 Å². The standard InChI is InChI=1S/C12H9BrFN/c13-7-10-6-11(14)8-15-12(10)9-4-2-1-3-5-9/h1-6,8H,7H2. The van der Waals surface area contributed by atoms with Gasteiger partial charge in [0, 0.05) is 10.9 Å². The summed E-state index contributed by atoms with van der Waals surface area (Å²) < 4.78 is 13.0. The Morgan fingerprint density at radius 1 is 1.20 bits per heavy atom. The van der Waals surface area contributed by atoms with Crippen LogP contribution in [-0.2, 0) is 5.33 Å². The number of alkyl halides is 1. The number of hydrogen-bond acceptors (Lipinski definition) is 1. The molecule has 1 aromatic heterocycles.